The third kappa shape index (κ3) is 12.0. The molecule has 0 saturated carbocycles. The molecule has 50 heavy (non-hydrogen) atoms. The van der Waals surface area contributed by atoms with Gasteiger partial charge in [-0.15, -0.1) is 0 Å². The van der Waals surface area contributed by atoms with Crippen LogP contribution in [0.25, 0.3) is 0 Å². The molecule has 4 unspecified atom stereocenters. The number of amidine groups is 1. The maximum Gasteiger partial charge on any atom is 0.255 e. The number of nitrogens with two attached hydrogens (primary N) is 1. The van der Waals surface area contributed by atoms with E-state index in [1.807, 2.05) is 53.1 Å². The van der Waals surface area contributed by atoms with Crippen molar-refractivity contribution in [1.82, 2.24) is 26.2 Å². The van der Waals surface area contributed by atoms with E-state index in [1.165, 1.54) is 32.7 Å². The van der Waals surface area contributed by atoms with Crippen LogP contribution in [0.3, 0.4) is 0 Å². The molecule has 0 aromatic heterocycles. The van der Waals surface area contributed by atoms with Crippen LogP contribution >= 0.6 is 0 Å². The summed E-state index contributed by atoms with van der Waals surface area (Å²) < 4.78 is 5.95. The number of benzene rings is 1. The van der Waals surface area contributed by atoms with E-state index in [0.717, 1.165) is 17.6 Å². The van der Waals surface area contributed by atoms with Crippen LogP contribution in [0.5, 0.6) is 5.75 Å². The van der Waals surface area contributed by atoms with Gasteiger partial charge in [0.15, 0.2) is 0 Å². The van der Waals surface area contributed by atoms with Gasteiger partial charge in [-0.3, -0.25) is 30.0 Å². The van der Waals surface area contributed by atoms with Crippen LogP contribution in [-0.4, -0.2) is 98.1 Å². The number of aliphatic hydroxyl groups is 1. The van der Waals surface area contributed by atoms with Crippen molar-refractivity contribution >= 4 is 23.6 Å². The number of aliphatic hydroxyl groups excluding tert-OH is 1. The van der Waals surface area contributed by atoms with Crippen molar-refractivity contribution in [3.8, 4) is 5.75 Å². The molecule has 0 radical (unpaired) electrons. The molecule has 4 atom stereocenters. The number of allylic oxidation sites excluding steroid dienone is 1. The Kier molecular flexibility index (Phi) is 18.0. The monoisotopic (exact) mass is 698 g/mol. The van der Waals surface area contributed by atoms with Crippen LogP contribution in [0.1, 0.15) is 90.6 Å². The number of likely N-dealkylation sites (tertiary alicyclic amines) is 1. The first-order valence-corrected chi connectivity index (χ1v) is 17.5. The molecule has 1 aromatic carbocycles. The molecule has 12 heteroatoms. The van der Waals surface area contributed by atoms with E-state index in [9.17, 15) is 19.5 Å². The van der Waals surface area contributed by atoms with Crippen LogP contribution in [-0.2, 0) is 15.0 Å². The fourth-order valence-corrected chi connectivity index (χ4v) is 5.62. The van der Waals surface area contributed by atoms with E-state index in [0.29, 0.717) is 43.3 Å². The van der Waals surface area contributed by atoms with Crippen LogP contribution in [0.15, 0.2) is 54.3 Å². The number of nitrogens with one attached hydrogen (secondary N) is 5. The molecule has 2 aliphatic heterocycles. The second kappa shape index (κ2) is 20.5. The third-order valence-electron chi connectivity index (χ3n) is 8.91. The molecule has 0 aliphatic carbocycles. The molecule has 1 aromatic rings. The Labute approximate surface area is 300 Å². The summed E-state index contributed by atoms with van der Waals surface area (Å²) in [7, 11) is 4.99. The zero-order chi connectivity index (χ0) is 38.2. The molecule has 8 N–H and O–H groups in total. The highest BCUT2D eigenvalue weighted by molar-refractivity contribution is 5.98. The summed E-state index contributed by atoms with van der Waals surface area (Å²) in [5.74, 6) is 0.530. The predicted octanol–water partition coefficient (Wildman–Crippen LogP) is 1.65. The number of carbonyl (C=O) groups excluding carboxylic acids is 3. The number of para-hydroxylation sites is 1. The second-order valence-electron chi connectivity index (χ2n) is 13.8. The Morgan fingerprint density at radius 2 is 1.78 bits per heavy atom. The van der Waals surface area contributed by atoms with Crippen molar-refractivity contribution in [2.75, 3.05) is 40.8 Å². The highest BCUT2D eigenvalue weighted by Gasteiger charge is 2.54. The smallest absolute Gasteiger partial charge is 0.255 e. The van der Waals surface area contributed by atoms with E-state index >= 15 is 0 Å². The van der Waals surface area contributed by atoms with Crippen LogP contribution in [0, 0.1) is 0 Å². The molecule has 2 aliphatic rings. The number of hydrogen-bond donors (Lipinski definition) is 7. The minimum Gasteiger partial charge on any atom is -0.492 e. The molecule has 12 nitrogen and oxygen atoms in total. The minimum atomic E-state index is -0.816. The number of likely N-dealkylation sites (N-methyl/N-ethyl adjacent to an activating group) is 3. The molecule has 1 fully saturated rings. The first-order valence-electron chi connectivity index (χ1n) is 17.5. The topological polar surface area (TPSA) is 172 Å². The summed E-state index contributed by atoms with van der Waals surface area (Å²) in [4.78, 5) is 40.4. The van der Waals surface area contributed by atoms with Gasteiger partial charge >= 0.3 is 0 Å². The normalized spacial score (nSPS) is 21.5. The van der Waals surface area contributed by atoms with Gasteiger partial charge in [-0.05, 0) is 58.0 Å². The minimum absolute atomic E-state index is 0.0531. The molecule has 0 spiro atoms. The van der Waals surface area contributed by atoms with Crippen molar-refractivity contribution in [3.63, 3.8) is 0 Å². The Hall–Kier alpha value is -4.16. The summed E-state index contributed by atoms with van der Waals surface area (Å²) in [6.45, 7) is 21.8. The number of ether oxygens (including phenoxy) is 1. The van der Waals surface area contributed by atoms with Crippen molar-refractivity contribution in [2.24, 2.45) is 5.73 Å². The van der Waals surface area contributed by atoms with Crippen LogP contribution in [0.2, 0.25) is 0 Å². The number of rotatable bonds is 11. The summed E-state index contributed by atoms with van der Waals surface area (Å²) in [6.07, 6.45) is 6.59. The molecule has 280 valence electrons. The van der Waals surface area contributed by atoms with Gasteiger partial charge in [-0.2, -0.15) is 0 Å². The molecular formula is C38H64N7O5+. The quantitative estimate of drug-likeness (QED) is 0.0792. The zero-order valence-corrected chi connectivity index (χ0v) is 32.3. The molecule has 3 amide bonds. The Bertz CT molecular complexity index is 1400. The summed E-state index contributed by atoms with van der Waals surface area (Å²) >= 11 is 0. The average molecular weight is 699 g/mol. The molecule has 3 rings (SSSR count). The van der Waals surface area contributed by atoms with Crippen molar-refractivity contribution < 1.29 is 29.2 Å². The third-order valence-corrected chi connectivity index (χ3v) is 8.91. The lowest BCUT2D eigenvalue weighted by molar-refractivity contribution is -0.522. The van der Waals surface area contributed by atoms with Crippen molar-refractivity contribution in [1.29, 1.82) is 0 Å². The average Bonchev–Trinajstić information content (AvgIpc) is 3.29. The second-order valence-corrected chi connectivity index (χ2v) is 13.8. The predicted molar refractivity (Wildman–Crippen MR) is 202 cm³/mol. The highest BCUT2D eigenvalue weighted by atomic mass is 16.5. The number of carbonyl (C=O) groups is 3. The van der Waals surface area contributed by atoms with Crippen LogP contribution in [0.4, 0.5) is 0 Å². The summed E-state index contributed by atoms with van der Waals surface area (Å²) in [6, 6.07) is 5.10. The van der Waals surface area contributed by atoms with Gasteiger partial charge in [0.05, 0.1) is 36.4 Å². The van der Waals surface area contributed by atoms with Gasteiger partial charge in [0, 0.05) is 44.3 Å². The molecule has 2 heterocycles. The number of nitrogens with zero attached hydrogens (tertiary/aromatic N) is 1. The van der Waals surface area contributed by atoms with E-state index in [4.69, 9.17) is 10.5 Å². The van der Waals surface area contributed by atoms with Crippen molar-refractivity contribution in [2.45, 2.75) is 104 Å². The Morgan fingerprint density at radius 3 is 2.34 bits per heavy atom. The summed E-state index contributed by atoms with van der Waals surface area (Å²) in [5, 5.41) is 22.7. The Balaban J connectivity index is 0.000000700. The number of fused-ring (bicyclic) bond motifs is 1. The first kappa shape index (κ1) is 43.9. The fraction of sp³-hybridized carbons (Fsp3) is 0.579. The van der Waals surface area contributed by atoms with Gasteiger partial charge in [0.25, 0.3) is 5.91 Å². The Morgan fingerprint density at radius 1 is 1.14 bits per heavy atom. The van der Waals surface area contributed by atoms with Gasteiger partial charge in [-0.1, -0.05) is 65.3 Å². The standard InChI is InChI=1S/C27H43N5O3.C8H12N2O2.C3H8/c1-8-22(28)31-21(15-29-14-17(2)3)27(6)24(33)20(16-32(27)7)30-25(34)18-10-9-11-19-23(18)35-13-12-26(19,4)5;1-6(8(12)10-3)4-5-7(11)9-2;1-3-2/h9-11,14,20-21,24,29,33H,8,12-13,15-16H2,1-7H3,(H2,28,31)(H,30,34);4-5H,1H2,2-3H3,(H,9,11)(H,10,12);3H2,1-2H3/p+1/b;5-4-;. The SMILES string of the molecule is C=C(/C=C\C(=O)NC)C(=O)NC.CCC.CCC(N)=[NH+]C(CNC=C(C)C)C1(C)C(O)C(NC(=O)c2cccc3c2OCCC3(C)C)CN1C. The summed E-state index contributed by atoms with van der Waals surface area (Å²) in [5.41, 5.74) is 8.42. The number of amides is 3. The van der Waals surface area contributed by atoms with E-state index in [1.54, 1.807) is 6.07 Å². The van der Waals surface area contributed by atoms with E-state index in [-0.39, 0.29) is 34.8 Å². The first-order chi connectivity index (χ1) is 23.4. The van der Waals surface area contributed by atoms with Gasteiger partial charge < -0.3 is 31.1 Å². The highest BCUT2D eigenvalue weighted by Crippen LogP contribution is 2.40. The number of hydrogen-bond acceptors (Lipinski definition) is 7. The molecule has 0 bridgehead atoms. The van der Waals surface area contributed by atoms with E-state index < -0.39 is 17.7 Å². The van der Waals surface area contributed by atoms with Crippen LogP contribution < -0.4 is 36.7 Å². The fourth-order valence-electron chi connectivity index (χ4n) is 5.62. The van der Waals surface area contributed by atoms with Gasteiger partial charge in [0.1, 0.15) is 11.8 Å². The van der Waals surface area contributed by atoms with Crippen molar-refractivity contribution in [3.05, 3.63) is 65.4 Å². The molecular weight excluding hydrogens is 634 g/mol. The lowest BCUT2D eigenvalue weighted by atomic mass is 9.79. The van der Waals surface area contributed by atoms with Gasteiger partial charge in [-0.25, -0.2) is 0 Å². The maximum atomic E-state index is 13.4. The lowest BCUT2D eigenvalue weighted by Crippen LogP contribution is -2.90. The largest absolute Gasteiger partial charge is 0.492 e. The maximum absolute atomic E-state index is 13.4. The zero-order valence-electron chi connectivity index (χ0n) is 32.3. The van der Waals surface area contributed by atoms with E-state index in [2.05, 4.69) is 65.4 Å². The van der Waals surface area contributed by atoms with Gasteiger partial charge in [0.2, 0.25) is 17.6 Å². The lowest BCUT2D eigenvalue weighted by Gasteiger charge is -2.39. The molecule has 1 saturated heterocycles.